The van der Waals surface area contributed by atoms with Crippen molar-refractivity contribution >= 4 is 22.9 Å². The van der Waals surface area contributed by atoms with E-state index in [4.69, 9.17) is 19.2 Å². The zero-order valence-corrected chi connectivity index (χ0v) is 22.2. The monoisotopic (exact) mass is 514 g/mol. The molecule has 5 heterocycles. The van der Waals surface area contributed by atoms with E-state index in [9.17, 15) is 10.2 Å². The Morgan fingerprint density at radius 3 is 2.59 bits per heavy atom. The number of anilines is 2. The number of nitrogens with one attached hydrogen (secondary N) is 1. The van der Waals surface area contributed by atoms with Crippen molar-refractivity contribution < 1.29 is 19.5 Å². The van der Waals surface area contributed by atoms with Gasteiger partial charge in [0.2, 0.25) is 5.95 Å². The van der Waals surface area contributed by atoms with E-state index in [0.717, 1.165) is 38.0 Å². The van der Waals surface area contributed by atoms with Gasteiger partial charge in [-0.2, -0.15) is 9.97 Å². The number of imidazole rings is 1. The third-order valence-corrected chi connectivity index (χ3v) is 7.64. The highest BCUT2D eigenvalue weighted by Gasteiger charge is 2.47. The highest BCUT2D eigenvalue weighted by molar-refractivity contribution is 5.84. The maximum atomic E-state index is 11.0. The Hall–Kier alpha value is -2.80. The Labute approximate surface area is 216 Å². The van der Waals surface area contributed by atoms with Gasteiger partial charge in [0, 0.05) is 31.2 Å². The van der Waals surface area contributed by atoms with Gasteiger partial charge in [-0.3, -0.25) is 4.57 Å². The lowest BCUT2D eigenvalue weighted by molar-refractivity contribution is -0.0434. The van der Waals surface area contributed by atoms with E-state index in [1.165, 1.54) is 0 Å². The molecule has 5 atom stereocenters. The van der Waals surface area contributed by atoms with Gasteiger partial charge < -0.3 is 34.6 Å². The second-order valence-electron chi connectivity index (χ2n) is 10.2. The summed E-state index contributed by atoms with van der Waals surface area (Å²) in [6.45, 7) is 7.92. The second kappa shape index (κ2) is 10.5. The fraction of sp³-hybridized carbons (Fsp3) is 0.680. The van der Waals surface area contributed by atoms with Crippen LogP contribution in [-0.2, 0) is 11.2 Å². The van der Waals surface area contributed by atoms with Crippen molar-refractivity contribution in [3.8, 4) is 0 Å². The molecule has 0 aromatic carbocycles. The molecule has 0 spiro atoms. The maximum Gasteiger partial charge on any atom is 0.229 e. The molecule has 3 N–H and O–H groups in total. The standard InChI is InChI=1S/C25H38N8O4/c1-6-14(7-2)27-22-18-23(29-25(28-22)32-10-9-16(12-32)31(4)5)33(13-26-18)24-20(35)19(34)21(36-24)17-11-15(8-3)30-37-17/h11,13-14,16,19-21,24,34-35H,6-10,12H2,1-5H3,(H,27,28,29)/t16-,19-,20+,21+,24+/m0/s1. The van der Waals surface area contributed by atoms with E-state index in [1.807, 2.05) is 6.92 Å². The number of fused-ring (bicyclic) bond motifs is 1. The molecule has 12 nitrogen and oxygen atoms in total. The van der Waals surface area contributed by atoms with Gasteiger partial charge in [-0.25, -0.2) is 4.98 Å². The molecule has 3 aromatic heterocycles. The number of hydrogen-bond acceptors (Lipinski definition) is 11. The van der Waals surface area contributed by atoms with Crippen LogP contribution < -0.4 is 10.2 Å². The zero-order valence-electron chi connectivity index (χ0n) is 22.2. The Bertz CT molecular complexity index is 1210. The van der Waals surface area contributed by atoms with E-state index in [2.05, 4.69) is 53.2 Å². The van der Waals surface area contributed by atoms with Crippen LogP contribution in [0.3, 0.4) is 0 Å². The molecule has 2 aliphatic heterocycles. The molecule has 3 aromatic rings. The molecule has 0 aliphatic carbocycles. The van der Waals surface area contributed by atoms with Crippen molar-refractivity contribution in [2.75, 3.05) is 37.4 Å². The molecule has 0 radical (unpaired) electrons. The number of nitrogens with zero attached hydrogens (tertiary/aromatic N) is 7. The summed E-state index contributed by atoms with van der Waals surface area (Å²) in [5.41, 5.74) is 1.89. The summed E-state index contributed by atoms with van der Waals surface area (Å²) < 4.78 is 13.2. The van der Waals surface area contributed by atoms with E-state index < -0.39 is 24.5 Å². The Kier molecular flexibility index (Phi) is 7.35. The molecule has 2 aliphatic rings. The van der Waals surface area contributed by atoms with E-state index in [1.54, 1.807) is 17.0 Å². The lowest BCUT2D eigenvalue weighted by Crippen LogP contribution is -2.32. The first kappa shape index (κ1) is 25.8. The van der Waals surface area contributed by atoms with Crippen molar-refractivity contribution in [1.29, 1.82) is 0 Å². The van der Waals surface area contributed by atoms with Crippen LogP contribution >= 0.6 is 0 Å². The lowest BCUT2D eigenvalue weighted by Gasteiger charge is -2.22. The van der Waals surface area contributed by atoms with Crippen LogP contribution in [0.2, 0.25) is 0 Å². The maximum absolute atomic E-state index is 11.0. The van der Waals surface area contributed by atoms with E-state index >= 15 is 0 Å². The summed E-state index contributed by atoms with van der Waals surface area (Å²) in [5, 5.41) is 29.4. The Morgan fingerprint density at radius 1 is 1.16 bits per heavy atom. The minimum atomic E-state index is -1.21. The van der Waals surface area contributed by atoms with Crippen LogP contribution in [0.25, 0.3) is 11.2 Å². The number of aryl methyl sites for hydroxylation is 1. The van der Waals surface area contributed by atoms with Crippen LogP contribution in [0.4, 0.5) is 11.8 Å². The third kappa shape index (κ3) is 4.78. The van der Waals surface area contributed by atoms with Gasteiger partial charge in [-0.1, -0.05) is 25.9 Å². The summed E-state index contributed by atoms with van der Waals surface area (Å²) in [4.78, 5) is 18.8. The molecule has 2 saturated heterocycles. The number of rotatable bonds is 9. The Balaban J connectivity index is 1.52. The Morgan fingerprint density at radius 2 is 1.95 bits per heavy atom. The molecule has 12 heteroatoms. The van der Waals surface area contributed by atoms with Crippen molar-refractivity contribution in [3.63, 3.8) is 0 Å². The number of aromatic nitrogens is 5. The predicted octanol–water partition coefficient (Wildman–Crippen LogP) is 2.11. The summed E-state index contributed by atoms with van der Waals surface area (Å²) >= 11 is 0. The first-order chi connectivity index (χ1) is 17.8. The molecular weight excluding hydrogens is 476 g/mol. The highest BCUT2D eigenvalue weighted by Crippen LogP contribution is 2.40. The summed E-state index contributed by atoms with van der Waals surface area (Å²) in [6.07, 6.45) is 1.04. The highest BCUT2D eigenvalue weighted by atomic mass is 16.6. The molecule has 2 fully saturated rings. The van der Waals surface area contributed by atoms with Crippen molar-refractivity contribution in [2.45, 2.75) is 83.1 Å². The fourth-order valence-corrected chi connectivity index (χ4v) is 5.12. The number of hydrogen-bond donors (Lipinski definition) is 3. The number of ether oxygens (including phenoxy) is 1. The van der Waals surface area contributed by atoms with Gasteiger partial charge in [0.1, 0.15) is 18.3 Å². The van der Waals surface area contributed by atoms with Crippen LogP contribution in [0.1, 0.15) is 63.8 Å². The molecule has 0 unspecified atom stereocenters. The smallest absolute Gasteiger partial charge is 0.229 e. The van der Waals surface area contributed by atoms with Gasteiger partial charge in [0.15, 0.2) is 29.0 Å². The average Bonchev–Trinajstić information content (AvgIpc) is 3.69. The average molecular weight is 515 g/mol. The quantitative estimate of drug-likeness (QED) is 0.387. The summed E-state index contributed by atoms with van der Waals surface area (Å²) in [5.74, 6) is 1.65. The topological polar surface area (TPSA) is 138 Å². The first-order valence-corrected chi connectivity index (χ1v) is 13.2. The van der Waals surface area contributed by atoms with Crippen LogP contribution in [0.5, 0.6) is 0 Å². The first-order valence-electron chi connectivity index (χ1n) is 13.2. The van der Waals surface area contributed by atoms with Gasteiger partial charge >= 0.3 is 0 Å². The zero-order chi connectivity index (χ0) is 26.3. The molecule has 0 bridgehead atoms. The van der Waals surface area contributed by atoms with Crippen molar-refractivity contribution in [3.05, 3.63) is 23.8 Å². The number of aliphatic hydroxyl groups excluding tert-OH is 2. The molecule has 5 rings (SSSR count). The summed E-state index contributed by atoms with van der Waals surface area (Å²) in [6, 6.07) is 2.41. The van der Waals surface area contributed by atoms with Crippen molar-refractivity contribution in [2.24, 2.45) is 0 Å². The van der Waals surface area contributed by atoms with Crippen LogP contribution in [0, 0.1) is 0 Å². The largest absolute Gasteiger partial charge is 0.387 e. The molecule has 0 amide bonds. The van der Waals surface area contributed by atoms with Gasteiger partial charge in [-0.05, 0) is 39.8 Å². The molecule has 0 saturated carbocycles. The lowest BCUT2D eigenvalue weighted by atomic mass is 10.1. The normalized spacial score (nSPS) is 26.3. The SMILES string of the molecule is CCc1cc([C@H]2O[C@@H](n3cnc4c(NC(CC)CC)nc(N5CC[C@H](N(C)C)C5)nc43)[C@H](O)[C@@H]2O)on1. The fourth-order valence-electron chi connectivity index (χ4n) is 5.12. The van der Waals surface area contributed by atoms with E-state index in [0.29, 0.717) is 41.2 Å². The number of aliphatic hydroxyl groups is 2. The molecule has 202 valence electrons. The van der Waals surface area contributed by atoms with Gasteiger partial charge in [0.05, 0.1) is 12.0 Å². The van der Waals surface area contributed by atoms with Crippen LogP contribution in [0.15, 0.2) is 16.9 Å². The molecule has 37 heavy (non-hydrogen) atoms. The summed E-state index contributed by atoms with van der Waals surface area (Å²) in [7, 11) is 4.18. The van der Waals surface area contributed by atoms with Crippen LogP contribution in [-0.4, -0.2) is 91.3 Å². The second-order valence-corrected chi connectivity index (χ2v) is 10.2. The van der Waals surface area contributed by atoms with E-state index in [-0.39, 0.29) is 6.04 Å². The minimum absolute atomic E-state index is 0.239. The predicted molar refractivity (Wildman–Crippen MR) is 138 cm³/mol. The van der Waals surface area contributed by atoms with Crippen molar-refractivity contribution in [1.82, 2.24) is 29.6 Å². The van der Waals surface area contributed by atoms with Gasteiger partial charge in [-0.15, -0.1) is 0 Å². The van der Waals surface area contributed by atoms with Gasteiger partial charge in [0.25, 0.3) is 0 Å². The number of likely N-dealkylation sites (N-methyl/N-ethyl adjacent to an activating group) is 1. The minimum Gasteiger partial charge on any atom is -0.387 e. The molecular formula is C25H38N8O4. The third-order valence-electron chi connectivity index (χ3n) is 7.64.